The number of piperazine rings is 1. The number of hydrogen-bond acceptors (Lipinski definition) is 5. The number of anilines is 2. The van der Waals surface area contributed by atoms with Crippen LogP contribution in [0.1, 0.15) is 16.7 Å². The predicted octanol–water partition coefficient (Wildman–Crippen LogP) is 1.41. The van der Waals surface area contributed by atoms with Crippen molar-refractivity contribution in [2.45, 2.75) is 31.6 Å². The first-order valence-electron chi connectivity index (χ1n) is 9.39. The highest BCUT2D eigenvalue weighted by atomic mass is 16.3. The number of aliphatic hydroxyl groups is 2. The maximum absolute atomic E-state index is 10.7. The molecular formula is C21H27N3O2. The van der Waals surface area contributed by atoms with Gasteiger partial charge in [0.2, 0.25) is 0 Å². The molecule has 2 aliphatic rings. The van der Waals surface area contributed by atoms with Crippen molar-refractivity contribution in [3.8, 4) is 0 Å². The lowest BCUT2D eigenvalue weighted by molar-refractivity contribution is 0.0396. The van der Waals surface area contributed by atoms with Gasteiger partial charge in [-0.15, -0.1) is 0 Å². The fourth-order valence-corrected chi connectivity index (χ4v) is 4.42. The molecule has 5 heteroatoms. The van der Waals surface area contributed by atoms with Crippen LogP contribution in [0, 0.1) is 0 Å². The van der Waals surface area contributed by atoms with Crippen LogP contribution in [0.2, 0.25) is 0 Å². The zero-order valence-electron chi connectivity index (χ0n) is 15.0. The molecule has 1 fully saturated rings. The molecule has 1 aliphatic carbocycles. The van der Waals surface area contributed by atoms with Gasteiger partial charge in [-0.2, -0.15) is 0 Å². The van der Waals surface area contributed by atoms with Crippen LogP contribution in [-0.2, 0) is 19.4 Å². The number of nitrogens with zero attached hydrogens (tertiary/aromatic N) is 2. The molecule has 4 N–H and O–H groups in total. The fraction of sp³-hybridized carbons (Fsp3) is 0.429. The van der Waals surface area contributed by atoms with E-state index in [4.69, 9.17) is 5.73 Å². The van der Waals surface area contributed by atoms with Crippen LogP contribution in [0.15, 0.2) is 42.5 Å². The average Bonchev–Trinajstić information content (AvgIpc) is 2.68. The van der Waals surface area contributed by atoms with Crippen LogP contribution in [0.4, 0.5) is 11.4 Å². The van der Waals surface area contributed by atoms with Crippen LogP contribution in [-0.4, -0.2) is 53.4 Å². The third-order valence-electron chi connectivity index (χ3n) is 5.88. The first-order valence-corrected chi connectivity index (χ1v) is 9.39. The van der Waals surface area contributed by atoms with E-state index in [1.807, 2.05) is 30.3 Å². The quantitative estimate of drug-likeness (QED) is 0.728. The van der Waals surface area contributed by atoms with Crippen molar-refractivity contribution in [3.05, 3.63) is 59.2 Å². The molecule has 0 spiro atoms. The van der Waals surface area contributed by atoms with Gasteiger partial charge in [0, 0.05) is 55.6 Å². The highest BCUT2D eigenvalue weighted by molar-refractivity contribution is 5.54. The van der Waals surface area contributed by atoms with Gasteiger partial charge in [-0.05, 0) is 29.7 Å². The Morgan fingerprint density at radius 1 is 0.962 bits per heavy atom. The number of rotatable bonds is 3. The first-order chi connectivity index (χ1) is 12.7. The Balaban J connectivity index is 1.46. The Labute approximate surface area is 154 Å². The Hall–Kier alpha value is -2.08. The van der Waals surface area contributed by atoms with Crippen LogP contribution in [0.3, 0.4) is 0 Å². The van der Waals surface area contributed by atoms with Crippen molar-refractivity contribution in [1.29, 1.82) is 0 Å². The number of para-hydroxylation sites is 1. The zero-order valence-corrected chi connectivity index (χ0v) is 15.0. The minimum absolute atomic E-state index is 0.0633. The lowest BCUT2D eigenvalue weighted by atomic mass is 9.84. The summed E-state index contributed by atoms with van der Waals surface area (Å²) < 4.78 is 0. The summed E-state index contributed by atoms with van der Waals surface area (Å²) in [7, 11) is 0. The van der Waals surface area contributed by atoms with Gasteiger partial charge in [-0.25, -0.2) is 0 Å². The van der Waals surface area contributed by atoms with Gasteiger partial charge >= 0.3 is 0 Å². The maximum atomic E-state index is 10.7. The van der Waals surface area contributed by atoms with Gasteiger partial charge in [0.1, 0.15) is 0 Å². The van der Waals surface area contributed by atoms with Crippen molar-refractivity contribution < 1.29 is 10.2 Å². The molecule has 1 heterocycles. The minimum Gasteiger partial charge on any atom is -0.398 e. The fourth-order valence-electron chi connectivity index (χ4n) is 4.42. The summed E-state index contributed by atoms with van der Waals surface area (Å²) in [5.74, 6) is 0. The molecule has 0 saturated carbocycles. The number of nitrogens with two attached hydrogens (primary N) is 1. The predicted molar refractivity (Wildman–Crippen MR) is 104 cm³/mol. The summed E-state index contributed by atoms with van der Waals surface area (Å²) in [6.45, 7) is 3.68. The molecule has 2 atom stereocenters. The second-order valence-corrected chi connectivity index (χ2v) is 7.34. The second kappa shape index (κ2) is 7.27. The topological polar surface area (TPSA) is 73.0 Å². The van der Waals surface area contributed by atoms with Crippen LogP contribution in [0.5, 0.6) is 0 Å². The van der Waals surface area contributed by atoms with Gasteiger partial charge in [0.25, 0.3) is 0 Å². The van der Waals surface area contributed by atoms with E-state index < -0.39 is 0 Å². The molecule has 0 unspecified atom stereocenters. The smallest absolute Gasteiger partial charge is 0.0739 e. The monoisotopic (exact) mass is 353 g/mol. The molecule has 2 aromatic carbocycles. The summed E-state index contributed by atoms with van der Waals surface area (Å²) in [5.41, 5.74) is 11.5. The number of aliphatic hydroxyl groups excluding tert-OH is 2. The van der Waals surface area contributed by atoms with Gasteiger partial charge < -0.3 is 20.8 Å². The molecule has 2 aromatic rings. The lowest BCUT2D eigenvalue weighted by Crippen LogP contribution is -2.56. The SMILES string of the molecule is Nc1cccc2c1C[C@@H](N1CCN(c3ccccc3CO)CC1)[C@H](O)C2. The van der Waals surface area contributed by atoms with E-state index >= 15 is 0 Å². The molecule has 0 aromatic heterocycles. The molecule has 0 radical (unpaired) electrons. The Kier molecular flexibility index (Phi) is 4.85. The zero-order chi connectivity index (χ0) is 18.1. The van der Waals surface area contributed by atoms with E-state index in [-0.39, 0.29) is 18.8 Å². The average molecular weight is 353 g/mol. The van der Waals surface area contributed by atoms with Gasteiger partial charge in [-0.1, -0.05) is 30.3 Å². The minimum atomic E-state index is -0.347. The maximum Gasteiger partial charge on any atom is 0.0739 e. The number of benzene rings is 2. The van der Waals surface area contributed by atoms with E-state index in [1.165, 1.54) is 11.1 Å². The molecule has 26 heavy (non-hydrogen) atoms. The van der Waals surface area contributed by atoms with Crippen molar-refractivity contribution >= 4 is 11.4 Å². The lowest BCUT2D eigenvalue weighted by Gasteiger charge is -2.44. The molecule has 1 saturated heterocycles. The van der Waals surface area contributed by atoms with Gasteiger partial charge in [0.05, 0.1) is 12.7 Å². The molecule has 4 rings (SSSR count). The highest BCUT2D eigenvalue weighted by Crippen LogP contribution is 2.30. The van der Waals surface area contributed by atoms with Gasteiger partial charge in [-0.3, -0.25) is 4.90 Å². The van der Waals surface area contributed by atoms with Crippen LogP contribution < -0.4 is 10.6 Å². The molecule has 1 aliphatic heterocycles. The second-order valence-electron chi connectivity index (χ2n) is 7.34. The van der Waals surface area contributed by atoms with Gasteiger partial charge in [0.15, 0.2) is 0 Å². The highest BCUT2D eigenvalue weighted by Gasteiger charge is 2.34. The molecular weight excluding hydrogens is 326 g/mol. The Morgan fingerprint density at radius 3 is 2.50 bits per heavy atom. The van der Waals surface area contributed by atoms with E-state index in [2.05, 4.69) is 21.9 Å². The van der Waals surface area contributed by atoms with Crippen molar-refractivity contribution in [3.63, 3.8) is 0 Å². The van der Waals surface area contributed by atoms with Crippen molar-refractivity contribution in [1.82, 2.24) is 4.90 Å². The number of hydrogen-bond donors (Lipinski definition) is 3. The summed E-state index contributed by atoms with van der Waals surface area (Å²) >= 11 is 0. The third-order valence-corrected chi connectivity index (χ3v) is 5.88. The summed E-state index contributed by atoms with van der Waals surface area (Å²) in [5, 5.41) is 20.3. The molecule has 5 nitrogen and oxygen atoms in total. The molecule has 0 amide bonds. The van der Waals surface area contributed by atoms with Crippen molar-refractivity contribution in [2.24, 2.45) is 0 Å². The summed E-state index contributed by atoms with van der Waals surface area (Å²) in [4.78, 5) is 4.73. The van der Waals surface area contributed by atoms with E-state index in [9.17, 15) is 10.2 Å². The normalized spacial score (nSPS) is 23.7. The number of fused-ring (bicyclic) bond motifs is 1. The van der Waals surface area contributed by atoms with E-state index in [0.29, 0.717) is 6.42 Å². The van der Waals surface area contributed by atoms with Crippen LogP contribution in [0.25, 0.3) is 0 Å². The molecule has 138 valence electrons. The van der Waals surface area contributed by atoms with E-state index in [1.54, 1.807) is 0 Å². The van der Waals surface area contributed by atoms with Crippen LogP contribution >= 0.6 is 0 Å². The number of nitrogen functional groups attached to an aromatic ring is 1. The standard InChI is InChI=1S/C21H27N3O2/c22-18-6-3-5-15-12-21(26)20(13-17(15)18)24-10-8-23(9-11-24)19-7-2-1-4-16(19)14-25/h1-7,20-21,25-26H,8-14,22H2/t20-,21-/m1/s1. The Morgan fingerprint density at radius 2 is 1.73 bits per heavy atom. The first kappa shape index (κ1) is 17.3. The Bertz CT molecular complexity index is 772. The van der Waals surface area contributed by atoms with E-state index in [0.717, 1.165) is 49.5 Å². The summed E-state index contributed by atoms with van der Waals surface area (Å²) in [6, 6.07) is 14.2. The third kappa shape index (κ3) is 3.18. The molecule has 0 bridgehead atoms. The van der Waals surface area contributed by atoms with Crippen molar-refractivity contribution in [2.75, 3.05) is 36.8 Å². The summed E-state index contributed by atoms with van der Waals surface area (Å²) in [6.07, 6.45) is 1.15. The largest absolute Gasteiger partial charge is 0.398 e.